The maximum absolute atomic E-state index is 5.96. The van der Waals surface area contributed by atoms with E-state index in [4.69, 9.17) is 4.74 Å². The molecule has 1 N–H and O–H groups in total. The van der Waals surface area contributed by atoms with Gasteiger partial charge in [0.2, 0.25) is 0 Å². The fourth-order valence-corrected chi connectivity index (χ4v) is 4.00. The van der Waals surface area contributed by atoms with E-state index in [1.54, 1.807) is 0 Å². The third-order valence-corrected chi connectivity index (χ3v) is 5.43. The first-order chi connectivity index (χ1) is 9.35. The number of thiophene rings is 1. The fourth-order valence-electron chi connectivity index (χ4n) is 3.07. The van der Waals surface area contributed by atoms with Crippen molar-refractivity contribution in [2.24, 2.45) is 0 Å². The molecule has 2 saturated heterocycles. The summed E-state index contributed by atoms with van der Waals surface area (Å²) in [7, 11) is 0. The highest BCUT2D eigenvalue weighted by Crippen LogP contribution is 2.22. The van der Waals surface area contributed by atoms with Gasteiger partial charge in [0, 0.05) is 35.4 Å². The molecule has 1 aromatic heterocycles. The number of aryl methyl sites for hydroxylation is 1. The van der Waals surface area contributed by atoms with Gasteiger partial charge in [-0.3, -0.25) is 4.90 Å². The molecule has 2 atom stereocenters. The van der Waals surface area contributed by atoms with E-state index in [2.05, 4.69) is 29.3 Å². The van der Waals surface area contributed by atoms with E-state index in [0.717, 1.165) is 32.7 Å². The summed E-state index contributed by atoms with van der Waals surface area (Å²) in [5.41, 5.74) is 0. The van der Waals surface area contributed by atoms with Crippen LogP contribution in [-0.4, -0.2) is 43.3 Å². The SMILES string of the molecule is CCc1ccc(CNCC2CN3CCCC3CO2)s1. The topological polar surface area (TPSA) is 24.5 Å². The molecule has 0 bridgehead atoms. The molecule has 0 spiro atoms. The van der Waals surface area contributed by atoms with Crippen LogP contribution in [-0.2, 0) is 17.7 Å². The predicted octanol–water partition coefficient (Wildman–Crippen LogP) is 2.26. The van der Waals surface area contributed by atoms with E-state index >= 15 is 0 Å². The Hall–Kier alpha value is -0.420. The number of fused-ring (bicyclic) bond motifs is 1. The zero-order chi connectivity index (χ0) is 13.1. The van der Waals surface area contributed by atoms with Gasteiger partial charge in [-0.2, -0.15) is 0 Å². The molecule has 106 valence electrons. The number of rotatable bonds is 5. The Morgan fingerprint density at radius 1 is 1.42 bits per heavy atom. The van der Waals surface area contributed by atoms with Crippen LogP contribution in [0.5, 0.6) is 0 Å². The van der Waals surface area contributed by atoms with Crippen molar-refractivity contribution in [1.29, 1.82) is 0 Å². The summed E-state index contributed by atoms with van der Waals surface area (Å²) in [5, 5.41) is 3.55. The second-order valence-electron chi connectivity index (χ2n) is 5.60. The van der Waals surface area contributed by atoms with Crippen molar-refractivity contribution in [3.63, 3.8) is 0 Å². The molecule has 3 nitrogen and oxygen atoms in total. The van der Waals surface area contributed by atoms with Crippen molar-refractivity contribution in [3.05, 3.63) is 21.9 Å². The Morgan fingerprint density at radius 3 is 3.16 bits per heavy atom. The molecule has 0 aromatic carbocycles. The summed E-state index contributed by atoms with van der Waals surface area (Å²) in [4.78, 5) is 5.52. The van der Waals surface area contributed by atoms with E-state index in [1.165, 1.54) is 29.1 Å². The van der Waals surface area contributed by atoms with Crippen LogP contribution < -0.4 is 5.32 Å². The van der Waals surface area contributed by atoms with Crippen molar-refractivity contribution in [2.75, 3.05) is 26.2 Å². The minimum absolute atomic E-state index is 0.375. The number of hydrogen-bond donors (Lipinski definition) is 1. The molecule has 0 aliphatic carbocycles. The van der Waals surface area contributed by atoms with Crippen molar-refractivity contribution in [2.45, 2.75) is 44.9 Å². The minimum Gasteiger partial charge on any atom is -0.374 e. The zero-order valence-electron chi connectivity index (χ0n) is 11.7. The van der Waals surface area contributed by atoms with Gasteiger partial charge in [0.05, 0.1) is 12.7 Å². The van der Waals surface area contributed by atoms with Crippen LogP contribution in [0, 0.1) is 0 Å². The normalized spacial score (nSPS) is 27.6. The molecule has 2 unspecified atom stereocenters. The molecule has 1 aromatic rings. The molecule has 3 heterocycles. The van der Waals surface area contributed by atoms with Gasteiger partial charge in [-0.05, 0) is 37.9 Å². The first-order valence-electron chi connectivity index (χ1n) is 7.49. The molecule has 2 aliphatic rings. The number of hydrogen-bond acceptors (Lipinski definition) is 4. The van der Waals surface area contributed by atoms with Gasteiger partial charge in [-0.15, -0.1) is 11.3 Å². The third kappa shape index (κ3) is 3.37. The minimum atomic E-state index is 0.375. The highest BCUT2D eigenvalue weighted by atomic mass is 32.1. The highest BCUT2D eigenvalue weighted by molar-refractivity contribution is 7.11. The Bertz CT molecular complexity index is 407. The maximum Gasteiger partial charge on any atom is 0.0827 e. The number of nitrogens with zero attached hydrogens (tertiary/aromatic N) is 1. The van der Waals surface area contributed by atoms with E-state index in [0.29, 0.717) is 12.1 Å². The zero-order valence-corrected chi connectivity index (χ0v) is 12.5. The second-order valence-corrected chi connectivity index (χ2v) is 6.85. The molecular weight excluding hydrogens is 256 g/mol. The Kier molecular flexibility index (Phi) is 4.53. The summed E-state index contributed by atoms with van der Waals surface area (Å²) in [6.07, 6.45) is 4.20. The summed E-state index contributed by atoms with van der Waals surface area (Å²) in [6, 6.07) is 5.20. The average Bonchev–Trinajstić information content (AvgIpc) is 3.06. The largest absolute Gasteiger partial charge is 0.374 e. The third-order valence-electron chi connectivity index (χ3n) is 4.20. The van der Waals surface area contributed by atoms with Gasteiger partial charge in [-0.25, -0.2) is 0 Å². The van der Waals surface area contributed by atoms with Gasteiger partial charge in [0.1, 0.15) is 0 Å². The number of ether oxygens (including phenoxy) is 1. The highest BCUT2D eigenvalue weighted by Gasteiger charge is 2.31. The van der Waals surface area contributed by atoms with Crippen LogP contribution in [0.3, 0.4) is 0 Å². The molecule has 2 aliphatic heterocycles. The lowest BCUT2D eigenvalue weighted by atomic mass is 10.2. The summed E-state index contributed by atoms with van der Waals surface area (Å²) in [6.45, 7) is 7.49. The molecule has 3 rings (SSSR count). The Labute approximate surface area is 119 Å². The van der Waals surface area contributed by atoms with Crippen LogP contribution >= 0.6 is 11.3 Å². The van der Waals surface area contributed by atoms with Crippen molar-refractivity contribution in [3.8, 4) is 0 Å². The van der Waals surface area contributed by atoms with Crippen molar-refractivity contribution in [1.82, 2.24) is 10.2 Å². The van der Waals surface area contributed by atoms with Crippen LogP contribution in [0.15, 0.2) is 12.1 Å². The predicted molar refractivity (Wildman–Crippen MR) is 79.7 cm³/mol. The second kappa shape index (κ2) is 6.35. The van der Waals surface area contributed by atoms with Gasteiger partial charge < -0.3 is 10.1 Å². The molecule has 0 saturated carbocycles. The van der Waals surface area contributed by atoms with Gasteiger partial charge in [0.25, 0.3) is 0 Å². The molecule has 0 amide bonds. The lowest BCUT2D eigenvalue weighted by Crippen LogP contribution is -2.49. The summed E-state index contributed by atoms with van der Waals surface area (Å²) in [5.74, 6) is 0. The van der Waals surface area contributed by atoms with E-state index in [9.17, 15) is 0 Å². The molecule has 2 fully saturated rings. The lowest BCUT2D eigenvalue weighted by molar-refractivity contribution is -0.0470. The lowest BCUT2D eigenvalue weighted by Gasteiger charge is -2.35. The van der Waals surface area contributed by atoms with E-state index in [-0.39, 0.29) is 0 Å². The van der Waals surface area contributed by atoms with Crippen LogP contribution in [0.25, 0.3) is 0 Å². The molecule has 0 radical (unpaired) electrons. The van der Waals surface area contributed by atoms with E-state index < -0.39 is 0 Å². The van der Waals surface area contributed by atoms with Crippen molar-refractivity contribution >= 4 is 11.3 Å². The number of nitrogens with one attached hydrogen (secondary N) is 1. The first kappa shape index (κ1) is 13.6. The van der Waals surface area contributed by atoms with Crippen LogP contribution in [0.1, 0.15) is 29.5 Å². The summed E-state index contributed by atoms with van der Waals surface area (Å²) >= 11 is 1.92. The standard InChI is InChI=1S/C15H24N2OS/c1-2-14-5-6-15(19-14)9-16-8-13-10-17-7-3-4-12(17)11-18-13/h5-6,12-13,16H,2-4,7-11H2,1H3. The van der Waals surface area contributed by atoms with Crippen LogP contribution in [0.4, 0.5) is 0 Å². The van der Waals surface area contributed by atoms with Crippen molar-refractivity contribution < 1.29 is 4.74 Å². The average molecular weight is 280 g/mol. The fraction of sp³-hybridized carbons (Fsp3) is 0.733. The van der Waals surface area contributed by atoms with E-state index in [1.807, 2.05) is 11.3 Å². The quantitative estimate of drug-likeness (QED) is 0.895. The Morgan fingerprint density at radius 2 is 2.32 bits per heavy atom. The van der Waals surface area contributed by atoms with Gasteiger partial charge >= 0.3 is 0 Å². The Balaban J connectivity index is 1.40. The van der Waals surface area contributed by atoms with Gasteiger partial charge in [0.15, 0.2) is 0 Å². The molecule has 4 heteroatoms. The maximum atomic E-state index is 5.96. The monoisotopic (exact) mass is 280 g/mol. The van der Waals surface area contributed by atoms with Gasteiger partial charge in [-0.1, -0.05) is 6.92 Å². The number of morpholine rings is 1. The molecule has 19 heavy (non-hydrogen) atoms. The molecular formula is C15H24N2OS. The summed E-state index contributed by atoms with van der Waals surface area (Å²) < 4.78 is 5.96. The smallest absolute Gasteiger partial charge is 0.0827 e. The first-order valence-corrected chi connectivity index (χ1v) is 8.30. The van der Waals surface area contributed by atoms with Crippen LogP contribution in [0.2, 0.25) is 0 Å².